The van der Waals surface area contributed by atoms with Crippen LogP contribution in [-0.2, 0) is 14.9 Å². The van der Waals surface area contributed by atoms with Crippen molar-refractivity contribution in [3.63, 3.8) is 0 Å². The van der Waals surface area contributed by atoms with Crippen molar-refractivity contribution in [1.29, 1.82) is 5.26 Å². The average molecular weight is 427 g/mol. The molecule has 0 saturated heterocycles. The molecule has 0 radical (unpaired) electrons. The van der Waals surface area contributed by atoms with Crippen LogP contribution in [0.25, 0.3) is 11.3 Å². The minimum absolute atomic E-state index is 0.0455. The van der Waals surface area contributed by atoms with Gasteiger partial charge in [-0.1, -0.05) is 56.8 Å². The molecule has 0 bridgehead atoms. The number of rotatable bonds is 6. The van der Waals surface area contributed by atoms with Gasteiger partial charge in [0, 0.05) is 5.56 Å². The molecule has 0 aliphatic rings. The van der Waals surface area contributed by atoms with Gasteiger partial charge < -0.3 is 10.1 Å². The van der Waals surface area contributed by atoms with E-state index in [-0.39, 0.29) is 18.0 Å². The normalized spacial score (nSPS) is 11.7. The van der Waals surface area contributed by atoms with Gasteiger partial charge >= 0.3 is 5.97 Å². The van der Waals surface area contributed by atoms with Crippen molar-refractivity contribution in [3.05, 3.63) is 35.4 Å². The van der Waals surface area contributed by atoms with E-state index in [0.717, 1.165) is 5.56 Å². The van der Waals surface area contributed by atoms with Crippen LogP contribution < -0.4 is 5.32 Å². The molecule has 7 heteroatoms. The predicted octanol–water partition coefficient (Wildman–Crippen LogP) is 5.04. The lowest BCUT2D eigenvalue weighted by Gasteiger charge is -2.19. The molecule has 160 valence electrons. The lowest BCUT2D eigenvalue weighted by atomic mass is 9.86. The van der Waals surface area contributed by atoms with Gasteiger partial charge in [-0.05, 0) is 38.0 Å². The molecule has 1 aromatic heterocycles. The molecular formula is C23H30N4O2S. The molecule has 0 aliphatic heterocycles. The second-order valence-corrected chi connectivity index (χ2v) is 9.81. The molecule has 0 atom stereocenters. The number of hydrogen-bond donors (Lipinski definition) is 1. The van der Waals surface area contributed by atoms with Crippen LogP contribution in [0.2, 0.25) is 0 Å². The van der Waals surface area contributed by atoms with Gasteiger partial charge in [-0.15, -0.1) is 0 Å². The van der Waals surface area contributed by atoms with Crippen molar-refractivity contribution >= 4 is 23.5 Å². The number of esters is 1. The number of benzene rings is 1. The van der Waals surface area contributed by atoms with Gasteiger partial charge in [-0.3, -0.25) is 4.79 Å². The van der Waals surface area contributed by atoms with Crippen LogP contribution in [0, 0.1) is 16.7 Å². The monoisotopic (exact) mass is 426 g/mol. The summed E-state index contributed by atoms with van der Waals surface area (Å²) in [6, 6.07) is 10.3. The number of carbonyl (C=O) groups excluding carboxylic acids is 1. The summed E-state index contributed by atoms with van der Waals surface area (Å²) in [7, 11) is 0. The van der Waals surface area contributed by atoms with Crippen LogP contribution >= 0.6 is 11.8 Å². The van der Waals surface area contributed by atoms with E-state index in [0.29, 0.717) is 28.8 Å². The largest absolute Gasteiger partial charge is 0.463 e. The summed E-state index contributed by atoms with van der Waals surface area (Å²) in [6.07, 6.45) is 1.89. The maximum Gasteiger partial charge on any atom is 0.311 e. The van der Waals surface area contributed by atoms with Crippen molar-refractivity contribution in [2.45, 2.75) is 52.1 Å². The molecule has 2 rings (SSSR count). The number of thioether (sulfide) groups is 1. The third kappa shape index (κ3) is 5.96. The Morgan fingerprint density at radius 1 is 1.13 bits per heavy atom. The molecule has 30 heavy (non-hydrogen) atoms. The third-order valence-corrected chi connectivity index (χ3v) is 4.99. The topological polar surface area (TPSA) is 87.9 Å². The highest BCUT2D eigenvalue weighted by molar-refractivity contribution is 7.98. The lowest BCUT2D eigenvalue weighted by Crippen LogP contribution is -2.25. The fraction of sp³-hybridized carbons (Fsp3) is 0.478. The molecular weight excluding hydrogens is 396 g/mol. The molecule has 0 saturated carbocycles. The van der Waals surface area contributed by atoms with Crippen molar-refractivity contribution in [2.75, 3.05) is 24.7 Å². The van der Waals surface area contributed by atoms with Gasteiger partial charge in [0.1, 0.15) is 24.1 Å². The Hall–Kier alpha value is -2.59. The number of carbonyl (C=O) groups is 1. The fourth-order valence-electron chi connectivity index (χ4n) is 2.63. The van der Waals surface area contributed by atoms with Gasteiger partial charge in [0.2, 0.25) is 0 Å². The first-order chi connectivity index (χ1) is 14.0. The summed E-state index contributed by atoms with van der Waals surface area (Å²) in [5, 5.41) is 13.5. The predicted molar refractivity (Wildman–Crippen MR) is 122 cm³/mol. The van der Waals surface area contributed by atoms with Crippen molar-refractivity contribution in [2.24, 2.45) is 5.41 Å². The number of anilines is 1. The first kappa shape index (κ1) is 23.7. The Kier molecular flexibility index (Phi) is 7.49. The minimum atomic E-state index is -0.550. The molecule has 6 nitrogen and oxygen atoms in total. The Morgan fingerprint density at radius 3 is 2.27 bits per heavy atom. The van der Waals surface area contributed by atoms with Crippen LogP contribution in [0.4, 0.5) is 5.82 Å². The molecule has 0 fully saturated rings. The molecule has 0 amide bonds. The molecule has 0 spiro atoms. The second-order valence-electron chi connectivity index (χ2n) is 9.03. The van der Waals surface area contributed by atoms with Crippen LogP contribution in [0.5, 0.6) is 0 Å². The van der Waals surface area contributed by atoms with Crippen LogP contribution in [0.1, 0.15) is 52.7 Å². The third-order valence-electron chi connectivity index (χ3n) is 4.45. The summed E-state index contributed by atoms with van der Waals surface area (Å²) in [5.74, 6) is 0.176. The maximum absolute atomic E-state index is 11.9. The number of ether oxygens (including phenoxy) is 1. The molecule has 1 heterocycles. The second kappa shape index (κ2) is 9.48. The molecule has 1 N–H and O–H groups in total. The summed E-state index contributed by atoms with van der Waals surface area (Å²) in [5.41, 5.74) is 2.53. The first-order valence-corrected chi connectivity index (χ1v) is 11.1. The highest BCUT2D eigenvalue weighted by Gasteiger charge is 2.23. The van der Waals surface area contributed by atoms with E-state index in [1.165, 1.54) is 17.3 Å². The van der Waals surface area contributed by atoms with Gasteiger partial charge in [0.05, 0.1) is 17.7 Å². The highest BCUT2D eigenvalue weighted by Crippen LogP contribution is 2.30. The van der Waals surface area contributed by atoms with Gasteiger partial charge in [0.15, 0.2) is 5.16 Å². The summed E-state index contributed by atoms with van der Waals surface area (Å²) < 4.78 is 5.29. The number of nitrogens with zero attached hydrogens (tertiary/aromatic N) is 3. The van der Waals surface area contributed by atoms with E-state index >= 15 is 0 Å². The molecule has 1 aromatic carbocycles. The summed E-state index contributed by atoms with van der Waals surface area (Å²) >= 11 is 1.41. The SMILES string of the molecule is CSc1nc(NCCOC(=O)C(C)(C)C)c(C#N)c(-c2ccc(C(C)(C)C)cc2)n1. The van der Waals surface area contributed by atoms with Crippen LogP contribution in [-0.4, -0.2) is 35.3 Å². The van der Waals surface area contributed by atoms with Crippen molar-refractivity contribution in [3.8, 4) is 17.3 Å². The first-order valence-electron chi connectivity index (χ1n) is 9.85. The minimum Gasteiger partial charge on any atom is -0.463 e. The highest BCUT2D eigenvalue weighted by atomic mass is 32.2. The fourth-order valence-corrected chi connectivity index (χ4v) is 3.00. The van der Waals surface area contributed by atoms with Gasteiger partial charge in [0.25, 0.3) is 0 Å². The summed E-state index contributed by atoms with van der Waals surface area (Å²) in [6.45, 7) is 12.4. The van der Waals surface area contributed by atoms with E-state index in [1.54, 1.807) is 0 Å². The number of nitrogens with one attached hydrogen (secondary N) is 1. The Balaban J connectivity index is 2.28. The number of aromatic nitrogens is 2. The standard InChI is InChI=1S/C23H30N4O2S/c1-22(2,3)16-10-8-15(9-11-16)18-17(14-24)19(27-21(26-18)30-7)25-12-13-29-20(28)23(4,5)6/h8-11H,12-13H2,1-7H3,(H,25,26,27). The molecule has 0 unspecified atom stereocenters. The van der Waals surface area contributed by atoms with E-state index in [9.17, 15) is 10.1 Å². The van der Waals surface area contributed by atoms with E-state index in [4.69, 9.17) is 4.74 Å². The number of hydrogen-bond acceptors (Lipinski definition) is 7. The number of nitriles is 1. The van der Waals surface area contributed by atoms with E-state index in [1.807, 2.05) is 39.2 Å². The smallest absolute Gasteiger partial charge is 0.311 e. The Bertz CT molecular complexity index is 936. The quantitative estimate of drug-likeness (QED) is 0.300. The zero-order valence-electron chi connectivity index (χ0n) is 18.8. The van der Waals surface area contributed by atoms with E-state index < -0.39 is 5.41 Å². The zero-order valence-corrected chi connectivity index (χ0v) is 19.6. The summed E-state index contributed by atoms with van der Waals surface area (Å²) in [4.78, 5) is 20.9. The Labute approximate surface area is 183 Å². The molecule has 2 aromatic rings. The van der Waals surface area contributed by atoms with Crippen molar-refractivity contribution in [1.82, 2.24) is 9.97 Å². The van der Waals surface area contributed by atoms with Crippen LogP contribution in [0.3, 0.4) is 0 Å². The van der Waals surface area contributed by atoms with Crippen molar-refractivity contribution < 1.29 is 9.53 Å². The van der Waals surface area contributed by atoms with Gasteiger partial charge in [-0.2, -0.15) is 5.26 Å². The van der Waals surface area contributed by atoms with Crippen LogP contribution in [0.15, 0.2) is 29.4 Å². The maximum atomic E-state index is 11.9. The van der Waals surface area contributed by atoms with E-state index in [2.05, 4.69) is 54.3 Å². The Morgan fingerprint density at radius 2 is 1.77 bits per heavy atom. The average Bonchev–Trinajstić information content (AvgIpc) is 2.69. The van der Waals surface area contributed by atoms with Gasteiger partial charge in [-0.25, -0.2) is 9.97 Å². The zero-order chi connectivity index (χ0) is 22.5. The molecule has 0 aliphatic carbocycles. The lowest BCUT2D eigenvalue weighted by molar-refractivity contribution is -0.152.